The third-order valence-electron chi connectivity index (χ3n) is 2.45. The first-order chi connectivity index (χ1) is 6.34. The van der Waals surface area contributed by atoms with E-state index in [2.05, 4.69) is 0 Å². The zero-order valence-electron chi connectivity index (χ0n) is 8.25. The second kappa shape index (κ2) is 5.03. The van der Waals surface area contributed by atoms with Crippen molar-refractivity contribution >= 4 is 18.3 Å². The summed E-state index contributed by atoms with van der Waals surface area (Å²) in [4.78, 5) is 12.5. The first-order valence-corrected chi connectivity index (χ1v) is 4.47. The van der Waals surface area contributed by atoms with Crippen molar-refractivity contribution in [2.45, 2.75) is 38.0 Å². The van der Waals surface area contributed by atoms with Crippen LogP contribution in [0.1, 0.15) is 19.8 Å². The number of likely N-dealkylation sites (tertiary alicyclic amines) is 1. The van der Waals surface area contributed by atoms with Gasteiger partial charge in [-0.25, -0.2) is 0 Å². The standard InChI is InChI=1S/C8H13F3N2O.ClH/c1-5-3-2-4-13(5)7(14)6(12)8(9,10)11;/h5-6H,2-4,12H2,1H3;1H. The Morgan fingerprint density at radius 2 is 2.07 bits per heavy atom. The Morgan fingerprint density at radius 1 is 1.53 bits per heavy atom. The number of alkyl halides is 3. The fourth-order valence-electron chi connectivity index (χ4n) is 1.58. The van der Waals surface area contributed by atoms with E-state index < -0.39 is 18.1 Å². The summed E-state index contributed by atoms with van der Waals surface area (Å²) in [7, 11) is 0. The number of hydrogen-bond donors (Lipinski definition) is 1. The zero-order valence-corrected chi connectivity index (χ0v) is 9.07. The molecule has 1 fully saturated rings. The van der Waals surface area contributed by atoms with Crippen LogP contribution in [0.2, 0.25) is 0 Å². The van der Waals surface area contributed by atoms with Crippen molar-refractivity contribution in [3.05, 3.63) is 0 Å². The van der Waals surface area contributed by atoms with Crippen LogP contribution < -0.4 is 5.73 Å². The predicted octanol–water partition coefficient (Wildman–Crippen LogP) is 1.31. The van der Waals surface area contributed by atoms with Crippen molar-refractivity contribution in [2.24, 2.45) is 5.73 Å². The number of rotatable bonds is 1. The Kier molecular flexibility index (Phi) is 4.86. The number of nitrogens with zero attached hydrogens (tertiary/aromatic N) is 1. The lowest BCUT2D eigenvalue weighted by atomic mass is 10.2. The van der Waals surface area contributed by atoms with E-state index in [1.807, 2.05) is 0 Å². The summed E-state index contributed by atoms with van der Waals surface area (Å²) in [5, 5.41) is 0. The quantitative estimate of drug-likeness (QED) is 0.758. The highest BCUT2D eigenvalue weighted by atomic mass is 35.5. The zero-order chi connectivity index (χ0) is 10.9. The molecule has 3 nitrogen and oxygen atoms in total. The Hall–Kier alpha value is -0.490. The van der Waals surface area contributed by atoms with Gasteiger partial charge in [0.15, 0.2) is 6.04 Å². The van der Waals surface area contributed by atoms with Gasteiger partial charge in [0, 0.05) is 12.6 Å². The average Bonchev–Trinajstić information content (AvgIpc) is 2.47. The van der Waals surface area contributed by atoms with E-state index >= 15 is 0 Å². The smallest absolute Gasteiger partial charge is 0.338 e. The summed E-state index contributed by atoms with van der Waals surface area (Å²) in [6, 6.07) is -2.50. The average molecular weight is 247 g/mol. The van der Waals surface area contributed by atoms with Crippen LogP contribution in [0.15, 0.2) is 0 Å². The number of carbonyl (C=O) groups excluding carboxylic acids is 1. The lowest BCUT2D eigenvalue weighted by Gasteiger charge is -2.25. The summed E-state index contributed by atoms with van der Waals surface area (Å²) in [6.45, 7) is 2.11. The van der Waals surface area contributed by atoms with Crippen LogP contribution in [0, 0.1) is 0 Å². The van der Waals surface area contributed by atoms with E-state index in [4.69, 9.17) is 5.73 Å². The number of amides is 1. The van der Waals surface area contributed by atoms with Gasteiger partial charge in [-0.2, -0.15) is 13.2 Å². The molecule has 0 saturated carbocycles. The maximum absolute atomic E-state index is 12.1. The van der Waals surface area contributed by atoms with Gasteiger partial charge >= 0.3 is 6.18 Å². The predicted molar refractivity (Wildman–Crippen MR) is 51.7 cm³/mol. The van der Waals surface area contributed by atoms with E-state index in [-0.39, 0.29) is 18.4 Å². The van der Waals surface area contributed by atoms with Crippen LogP contribution >= 0.6 is 12.4 Å². The minimum absolute atomic E-state index is 0. The highest BCUT2D eigenvalue weighted by molar-refractivity contribution is 5.85. The van der Waals surface area contributed by atoms with Crippen molar-refractivity contribution in [3.63, 3.8) is 0 Å². The minimum Gasteiger partial charge on any atom is -0.338 e. The van der Waals surface area contributed by atoms with Crippen molar-refractivity contribution < 1.29 is 18.0 Å². The molecule has 15 heavy (non-hydrogen) atoms. The molecule has 1 aliphatic heterocycles. The van der Waals surface area contributed by atoms with Gasteiger partial charge in [-0.3, -0.25) is 4.79 Å². The molecule has 1 heterocycles. The Morgan fingerprint density at radius 3 is 2.40 bits per heavy atom. The first kappa shape index (κ1) is 14.5. The number of carbonyl (C=O) groups is 1. The topological polar surface area (TPSA) is 46.3 Å². The van der Waals surface area contributed by atoms with Gasteiger partial charge in [-0.1, -0.05) is 0 Å². The molecule has 0 bridgehead atoms. The lowest BCUT2D eigenvalue weighted by molar-refractivity contribution is -0.170. The highest BCUT2D eigenvalue weighted by Gasteiger charge is 2.45. The lowest BCUT2D eigenvalue weighted by Crippen LogP contribution is -2.52. The molecule has 2 N–H and O–H groups in total. The third kappa shape index (κ3) is 3.24. The third-order valence-corrected chi connectivity index (χ3v) is 2.45. The van der Waals surface area contributed by atoms with Gasteiger partial charge in [0.25, 0.3) is 0 Å². The maximum atomic E-state index is 12.1. The molecule has 1 rings (SSSR count). The second-order valence-electron chi connectivity index (χ2n) is 3.54. The summed E-state index contributed by atoms with van der Waals surface area (Å²) in [6.07, 6.45) is -3.15. The van der Waals surface area contributed by atoms with Crippen molar-refractivity contribution in [1.29, 1.82) is 0 Å². The van der Waals surface area contributed by atoms with Crippen LogP contribution in [0.4, 0.5) is 13.2 Å². The molecule has 2 unspecified atom stereocenters. The monoisotopic (exact) mass is 246 g/mol. The Balaban J connectivity index is 0.00000196. The molecule has 0 aliphatic carbocycles. The van der Waals surface area contributed by atoms with E-state index in [0.29, 0.717) is 6.54 Å². The molecule has 7 heteroatoms. The van der Waals surface area contributed by atoms with Crippen molar-refractivity contribution in [1.82, 2.24) is 4.90 Å². The van der Waals surface area contributed by atoms with E-state index in [1.165, 1.54) is 4.90 Å². The number of hydrogen-bond acceptors (Lipinski definition) is 2. The largest absolute Gasteiger partial charge is 0.412 e. The SMILES string of the molecule is CC1CCCN1C(=O)C(N)C(F)(F)F.Cl. The number of nitrogens with two attached hydrogens (primary N) is 1. The minimum atomic E-state index is -4.64. The summed E-state index contributed by atoms with van der Waals surface area (Å²) in [5.74, 6) is -1.01. The molecule has 2 atom stereocenters. The fraction of sp³-hybridized carbons (Fsp3) is 0.875. The Labute approximate surface area is 92.2 Å². The molecule has 0 radical (unpaired) electrons. The van der Waals surface area contributed by atoms with Crippen LogP contribution in [-0.4, -0.2) is 35.6 Å². The van der Waals surface area contributed by atoms with Gasteiger partial charge < -0.3 is 10.6 Å². The van der Waals surface area contributed by atoms with Crippen LogP contribution in [0.3, 0.4) is 0 Å². The number of halogens is 4. The summed E-state index contributed by atoms with van der Waals surface area (Å²) >= 11 is 0. The van der Waals surface area contributed by atoms with Crippen LogP contribution in [-0.2, 0) is 4.79 Å². The molecule has 1 aliphatic rings. The highest BCUT2D eigenvalue weighted by Crippen LogP contribution is 2.24. The van der Waals surface area contributed by atoms with Gasteiger partial charge in [-0.15, -0.1) is 12.4 Å². The summed E-state index contributed by atoms with van der Waals surface area (Å²) < 4.78 is 36.3. The van der Waals surface area contributed by atoms with E-state index in [9.17, 15) is 18.0 Å². The van der Waals surface area contributed by atoms with Crippen molar-refractivity contribution in [3.8, 4) is 0 Å². The molecule has 0 aromatic carbocycles. The van der Waals surface area contributed by atoms with Gasteiger partial charge in [0.2, 0.25) is 5.91 Å². The molecule has 1 amide bonds. The van der Waals surface area contributed by atoms with Crippen LogP contribution in [0.25, 0.3) is 0 Å². The Bertz CT molecular complexity index is 230. The molecule has 90 valence electrons. The van der Waals surface area contributed by atoms with Crippen molar-refractivity contribution in [2.75, 3.05) is 6.54 Å². The molecule has 0 aromatic heterocycles. The van der Waals surface area contributed by atoms with E-state index in [0.717, 1.165) is 12.8 Å². The molecular weight excluding hydrogens is 233 g/mol. The molecule has 1 saturated heterocycles. The van der Waals surface area contributed by atoms with Gasteiger partial charge in [-0.05, 0) is 19.8 Å². The molecule has 0 aromatic rings. The molecular formula is C8H14ClF3N2O. The van der Waals surface area contributed by atoms with Gasteiger partial charge in [0.1, 0.15) is 0 Å². The first-order valence-electron chi connectivity index (χ1n) is 4.47. The second-order valence-corrected chi connectivity index (χ2v) is 3.54. The summed E-state index contributed by atoms with van der Waals surface area (Å²) in [5.41, 5.74) is 4.82. The maximum Gasteiger partial charge on any atom is 0.412 e. The van der Waals surface area contributed by atoms with E-state index in [1.54, 1.807) is 6.92 Å². The normalized spacial score (nSPS) is 23.5. The van der Waals surface area contributed by atoms with Gasteiger partial charge in [0.05, 0.1) is 0 Å². The molecule has 0 spiro atoms. The fourth-order valence-corrected chi connectivity index (χ4v) is 1.58. The van der Waals surface area contributed by atoms with Crippen LogP contribution in [0.5, 0.6) is 0 Å².